The third-order valence-corrected chi connectivity index (χ3v) is 4.91. The lowest BCUT2D eigenvalue weighted by molar-refractivity contribution is -0.124. The first-order valence-corrected chi connectivity index (χ1v) is 9.63. The molecule has 1 amide bonds. The summed E-state index contributed by atoms with van der Waals surface area (Å²) in [5.41, 5.74) is 2.19. The Morgan fingerprint density at radius 3 is 2.64 bits per heavy atom. The Kier molecular flexibility index (Phi) is 7.25. The van der Waals surface area contributed by atoms with E-state index in [1.807, 2.05) is 31.2 Å². The van der Waals surface area contributed by atoms with Gasteiger partial charge in [0.05, 0.1) is 24.3 Å². The lowest BCUT2D eigenvalue weighted by atomic mass is 10.0. The average Bonchev–Trinajstić information content (AvgIpc) is 2.68. The molecular formula is C21H24ClFN2O3. The maximum absolute atomic E-state index is 13.1. The van der Waals surface area contributed by atoms with Crippen molar-refractivity contribution in [3.05, 3.63) is 64.4 Å². The summed E-state index contributed by atoms with van der Waals surface area (Å²) in [6.45, 7) is 5.58. The lowest BCUT2D eigenvalue weighted by Gasteiger charge is -2.31. The van der Waals surface area contributed by atoms with Gasteiger partial charge in [-0.1, -0.05) is 41.4 Å². The van der Waals surface area contributed by atoms with E-state index in [0.29, 0.717) is 19.8 Å². The van der Waals surface area contributed by atoms with Gasteiger partial charge in [-0.05, 0) is 30.7 Å². The molecule has 7 heteroatoms. The van der Waals surface area contributed by atoms with Crippen LogP contribution >= 0.6 is 11.6 Å². The molecule has 1 fully saturated rings. The van der Waals surface area contributed by atoms with E-state index in [1.165, 1.54) is 12.1 Å². The van der Waals surface area contributed by atoms with Gasteiger partial charge in [0.15, 0.2) is 6.61 Å². The van der Waals surface area contributed by atoms with E-state index in [0.717, 1.165) is 30.3 Å². The van der Waals surface area contributed by atoms with Gasteiger partial charge in [-0.3, -0.25) is 9.69 Å². The predicted molar refractivity (Wildman–Crippen MR) is 106 cm³/mol. The summed E-state index contributed by atoms with van der Waals surface area (Å²) in [5, 5.41) is 3.17. The zero-order valence-electron chi connectivity index (χ0n) is 15.8. The van der Waals surface area contributed by atoms with Crippen molar-refractivity contribution in [1.82, 2.24) is 10.2 Å². The van der Waals surface area contributed by atoms with Gasteiger partial charge in [-0.2, -0.15) is 0 Å². The van der Waals surface area contributed by atoms with Crippen LogP contribution in [-0.2, 0) is 9.53 Å². The Morgan fingerprint density at radius 1 is 1.25 bits per heavy atom. The monoisotopic (exact) mass is 406 g/mol. The Hall–Kier alpha value is -2.15. The molecule has 1 N–H and O–H groups in total. The van der Waals surface area contributed by atoms with Crippen LogP contribution in [0.3, 0.4) is 0 Å². The Balaban J connectivity index is 1.63. The molecule has 5 nitrogen and oxygen atoms in total. The second-order valence-electron chi connectivity index (χ2n) is 6.81. The zero-order chi connectivity index (χ0) is 19.9. The van der Waals surface area contributed by atoms with Crippen molar-refractivity contribution < 1.29 is 18.7 Å². The van der Waals surface area contributed by atoms with Crippen molar-refractivity contribution in [3.63, 3.8) is 0 Å². The fourth-order valence-electron chi connectivity index (χ4n) is 3.05. The van der Waals surface area contributed by atoms with Crippen LogP contribution in [0.25, 0.3) is 0 Å². The minimum absolute atomic E-state index is 0.135. The summed E-state index contributed by atoms with van der Waals surface area (Å²) >= 11 is 5.94. The van der Waals surface area contributed by atoms with E-state index in [1.54, 1.807) is 0 Å². The third-order valence-electron chi connectivity index (χ3n) is 4.61. The minimum atomic E-state index is -0.452. The van der Waals surface area contributed by atoms with E-state index in [2.05, 4.69) is 10.2 Å². The van der Waals surface area contributed by atoms with E-state index in [4.69, 9.17) is 21.1 Å². The number of halogens is 2. The molecule has 0 radical (unpaired) electrons. The zero-order valence-corrected chi connectivity index (χ0v) is 16.5. The number of hydrogen-bond acceptors (Lipinski definition) is 4. The number of nitrogens with one attached hydrogen (secondary N) is 1. The first kappa shape index (κ1) is 20.6. The molecule has 0 aromatic heterocycles. The van der Waals surface area contributed by atoms with Gasteiger partial charge in [0.2, 0.25) is 0 Å². The van der Waals surface area contributed by atoms with Gasteiger partial charge in [0.1, 0.15) is 11.6 Å². The first-order valence-electron chi connectivity index (χ1n) is 9.25. The Bertz CT molecular complexity index is 795. The number of aryl methyl sites for hydroxylation is 1. The van der Waals surface area contributed by atoms with Gasteiger partial charge in [-0.25, -0.2) is 4.39 Å². The standard InChI is InChI=1S/C21H24ClFN2O3/c1-15-2-4-16(5-3-15)19(13-25-8-10-27-11-9-25)24-21(26)14-28-20-7-6-17(23)12-18(20)22/h2-7,12,19H,8-11,13-14H2,1H3,(H,24,26). The molecule has 2 aromatic rings. The van der Waals surface area contributed by atoms with Gasteiger partial charge in [0, 0.05) is 19.6 Å². The quantitative estimate of drug-likeness (QED) is 0.766. The summed E-state index contributed by atoms with van der Waals surface area (Å²) in [7, 11) is 0. The predicted octanol–water partition coefficient (Wildman–Crippen LogP) is 3.36. The molecule has 150 valence electrons. The molecule has 0 aliphatic carbocycles. The van der Waals surface area contributed by atoms with Gasteiger partial charge in [0.25, 0.3) is 5.91 Å². The molecule has 2 aromatic carbocycles. The van der Waals surface area contributed by atoms with Crippen LogP contribution in [0.1, 0.15) is 17.2 Å². The van der Waals surface area contributed by atoms with E-state index in [9.17, 15) is 9.18 Å². The summed E-state index contributed by atoms with van der Waals surface area (Å²) in [5.74, 6) is -0.441. The number of hydrogen-bond donors (Lipinski definition) is 1. The second-order valence-corrected chi connectivity index (χ2v) is 7.21. The second kappa shape index (κ2) is 9.87. The highest BCUT2D eigenvalue weighted by Crippen LogP contribution is 2.25. The Labute approximate surface area is 169 Å². The van der Waals surface area contributed by atoms with E-state index >= 15 is 0 Å². The molecule has 1 aliphatic rings. The number of carbonyl (C=O) groups is 1. The molecule has 1 aliphatic heterocycles. The number of amides is 1. The maximum atomic E-state index is 13.1. The van der Waals surface area contributed by atoms with Crippen molar-refractivity contribution in [1.29, 1.82) is 0 Å². The average molecular weight is 407 g/mol. The van der Waals surface area contributed by atoms with Gasteiger partial charge in [-0.15, -0.1) is 0 Å². The summed E-state index contributed by atoms with van der Waals surface area (Å²) in [6, 6.07) is 11.8. The van der Waals surface area contributed by atoms with Crippen LogP contribution in [0.15, 0.2) is 42.5 Å². The van der Waals surface area contributed by atoms with Crippen LogP contribution in [0.4, 0.5) is 4.39 Å². The number of carbonyl (C=O) groups excluding carboxylic acids is 1. The normalized spacial score (nSPS) is 15.8. The van der Waals surface area contributed by atoms with Crippen LogP contribution in [0.5, 0.6) is 5.75 Å². The number of nitrogens with zero attached hydrogens (tertiary/aromatic N) is 1. The van der Waals surface area contributed by atoms with Crippen molar-refractivity contribution in [2.75, 3.05) is 39.5 Å². The molecule has 1 unspecified atom stereocenters. The van der Waals surface area contributed by atoms with Crippen LogP contribution in [0.2, 0.25) is 5.02 Å². The summed E-state index contributed by atoms with van der Waals surface area (Å²) in [4.78, 5) is 14.8. The molecule has 3 rings (SSSR count). The number of morpholine rings is 1. The summed E-state index contributed by atoms with van der Waals surface area (Å²) in [6.07, 6.45) is 0. The van der Waals surface area contributed by atoms with Gasteiger partial charge >= 0.3 is 0 Å². The molecule has 1 atom stereocenters. The molecule has 1 heterocycles. The topological polar surface area (TPSA) is 50.8 Å². The molecule has 28 heavy (non-hydrogen) atoms. The minimum Gasteiger partial charge on any atom is -0.482 e. The molecular weight excluding hydrogens is 383 g/mol. The van der Waals surface area contributed by atoms with Crippen molar-refractivity contribution in [3.8, 4) is 5.75 Å². The fraction of sp³-hybridized carbons (Fsp3) is 0.381. The number of ether oxygens (including phenoxy) is 2. The Morgan fingerprint density at radius 2 is 1.96 bits per heavy atom. The van der Waals surface area contributed by atoms with E-state index < -0.39 is 5.82 Å². The number of rotatable bonds is 7. The maximum Gasteiger partial charge on any atom is 0.258 e. The van der Waals surface area contributed by atoms with Crippen molar-refractivity contribution in [2.24, 2.45) is 0 Å². The third kappa shape index (κ3) is 5.92. The van der Waals surface area contributed by atoms with Crippen molar-refractivity contribution in [2.45, 2.75) is 13.0 Å². The molecule has 0 spiro atoms. The largest absolute Gasteiger partial charge is 0.482 e. The SMILES string of the molecule is Cc1ccc(C(CN2CCOCC2)NC(=O)COc2ccc(F)cc2Cl)cc1. The molecule has 1 saturated heterocycles. The first-order chi connectivity index (χ1) is 13.5. The van der Waals surface area contributed by atoms with Crippen molar-refractivity contribution >= 4 is 17.5 Å². The highest BCUT2D eigenvalue weighted by Gasteiger charge is 2.20. The fourth-order valence-corrected chi connectivity index (χ4v) is 3.27. The molecule has 0 bridgehead atoms. The molecule has 0 saturated carbocycles. The van der Waals surface area contributed by atoms with E-state index in [-0.39, 0.29) is 29.3 Å². The summed E-state index contributed by atoms with van der Waals surface area (Å²) < 4.78 is 24.0. The van der Waals surface area contributed by atoms with Crippen LogP contribution < -0.4 is 10.1 Å². The van der Waals surface area contributed by atoms with Gasteiger partial charge < -0.3 is 14.8 Å². The smallest absolute Gasteiger partial charge is 0.258 e. The van der Waals surface area contributed by atoms with Crippen LogP contribution in [0, 0.1) is 12.7 Å². The highest BCUT2D eigenvalue weighted by molar-refractivity contribution is 6.32. The number of benzene rings is 2. The van der Waals surface area contributed by atoms with Crippen LogP contribution in [-0.4, -0.2) is 50.3 Å². The lowest BCUT2D eigenvalue weighted by Crippen LogP contribution is -2.44. The highest BCUT2D eigenvalue weighted by atomic mass is 35.5.